The molecule has 0 saturated carbocycles. The summed E-state index contributed by atoms with van der Waals surface area (Å²) in [4.78, 5) is 0. The lowest BCUT2D eigenvalue weighted by atomic mass is 10.1. The summed E-state index contributed by atoms with van der Waals surface area (Å²) >= 11 is 0. The number of rotatable bonds is 2. The molecule has 76 valence electrons. The van der Waals surface area contributed by atoms with Crippen LogP contribution in [0.15, 0.2) is 12.7 Å². The van der Waals surface area contributed by atoms with Crippen molar-refractivity contribution in [3.8, 4) is 0 Å². The molecule has 0 amide bonds. The van der Waals surface area contributed by atoms with Gasteiger partial charge in [0.1, 0.15) is 6.17 Å². The third-order valence-corrected chi connectivity index (χ3v) is 5.77. The van der Waals surface area contributed by atoms with Crippen LogP contribution >= 0.6 is 7.14 Å². The summed E-state index contributed by atoms with van der Waals surface area (Å²) in [6.45, 7) is 3.61. The maximum absolute atomic E-state index is 13.1. The van der Waals surface area contributed by atoms with Gasteiger partial charge in [-0.15, -0.1) is 6.58 Å². The van der Waals surface area contributed by atoms with Gasteiger partial charge in [-0.2, -0.15) is 0 Å². The van der Waals surface area contributed by atoms with E-state index in [1.54, 1.807) is 6.08 Å². The summed E-state index contributed by atoms with van der Waals surface area (Å²) in [7, 11) is -2.08. The Labute approximate surface area is 79.8 Å². The fourth-order valence-electron chi connectivity index (χ4n) is 1.82. The molecule has 0 radical (unpaired) electrons. The number of alkyl halides is 1. The maximum Gasteiger partial charge on any atom is 0.101 e. The monoisotopic (exact) mass is 204 g/mol. The molecule has 1 fully saturated rings. The molecule has 0 spiro atoms. The molecule has 1 rings (SSSR count). The first-order valence-corrected chi connectivity index (χ1v) is 7.24. The van der Waals surface area contributed by atoms with Crippen LogP contribution in [0.25, 0.3) is 0 Å². The van der Waals surface area contributed by atoms with E-state index in [4.69, 9.17) is 0 Å². The summed E-state index contributed by atoms with van der Waals surface area (Å²) < 4.78 is 25.2. The van der Waals surface area contributed by atoms with Gasteiger partial charge in [-0.05, 0) is 19.3 Å². The van der Waals surface area contributed by atoms with Crippen molar-refractivity contribution in [3.05, 3.63) is 12.7 Å². The van der Waals surface area contributed by atoms with Gasteiger partial charge in [-0.1, -0.05) is 12.5 Å². The van der Waals surface area contributed by atoms with Crippen molar-refractivity contribution in [2.75, 3.05) is 18.5 Å². The molecular weight excluding hydrogens is 186 g/mol. The van der Waals surface area contributed by atoms with Crippen LogP contribution in [0, 0.1) is 0 Å². The van der Waals surface area contributed by atoms with E-state index in [0.717, 1.165) is 19.0 Å². The van der Waals surface area contributed by atoms with Crippen LogP contribution < -0.4 is 0 Å². The molecule has 1 nitrogen and oxygen atoms in total. The molecule has 2 unspecified atom stereocenters. The van der Waals surface area contributed by atoms with Crippen LogP contribution in [-0.4, -0.2) is 24.7 Å². The van der Waals surface area contributed by atoms with Gasteiger partial charge >= 0.3 is 0 Å². The van der Waals surface area contributed by atoms with Gasteiger partial charge in [0, 0.05) is 18.5 Å². The van der Waals surface area contributed by atoms with Gasteiger partial charge < -0.3 is 4.57 Å². The zero-order valence-corrected chi connectivity index (χ0v) is 8.94. The maximum atomic E-state index is 13.1. The first-order valence-electron chi connectivity index (χ1n) is 4.98. The predicted molar refractivity (Wildman–Crippen MR) is 55.8 cm³/mol. The Kier molecular flexibility index (Phi) is 4.18. The molecule has 1 aliphatic heterocycles. The Hall–Kier alpha value is -0.100. The molecular formula is C10H18FOP. The van der Waals surface area contributed by atoms with E-state index in [2.05, 4.69) is 6.58 Å². The summed E-state index contributed by atoms with van der Waals surface area (Å²) in [6, 6.07) is 0. The van der Waals surface area contributed by atoms with Gasteiger partial charge in [-0.3, -0.25) is 0 Å². The van der Waals surface area contributed by atoms with E-state index < -0.39 is 13.3 Å². The molecule has 1 aliphatic rings. The normalized spacial score (nSPS) is 36.2. The zero-order chi connectivity index (χ0) is 9.73. The molecule has 13 heavy (non-hydrogen) atoms. The van der Waals surface area contributed by atoms with Crippen molar-refractivity contribution in [2.24, 2.45) is 0 Å². The van der Waals surface area contributed by atoms with Crippen molar-refractivity contribution in [1.82, 2.24) is 0 Å². The van der Waals surface area contributed by atoms with E-state index in [9.17, 15) is 8.96 Å². The van der Waals surface area contributed by atoms with Gasteiger partial charge in [0.2, 0.25) is 0 Å². The minimum Gasteiger partial charge on any atom is -0.323 e. The highest BCUT2D eigenvalue weighted by Crippen LogP contribution is 2.48. The fourth-order valence-corrected chi connectivity index (χ4v) is 4.43. The lowest BCUT2D eigenvalue weighted by Gasteiger charge is -2.21. The number of hydrogen-bond acceptors (Lipinski definition) is 1. The largest absolute Gasteiger partial charge is 0.323 e. The molecule has 0 aliphatic carbocycles. The molecule has 3 heteroatoms. The second-order valence-electron chi connectivity index (χ2n) is 3.86. The minimum atomic E-state index is -2.08. The second-order valence-corrected chi connectivity index (χ2v) is 7.23. The van der Waals surface area contributed by atoms with Crippen molar-refractivity contribution in [1.29, 1.82) is 0 Å². The molecule has 1 heterocycles. The fraction of sp³-hybridized carbons (Fsp3) is 0.800. The number of hydrogen-bond donors (Lipinski definition) is 0. The van der Waals surface area contributed by atoms with Gasteiger partial charge in [-0.25, -0.2) is 4.39 Å². The Bertz CT molecular complexity index is 215. The first-order chi connectivity index (χ1) is 6.16. The van der Waals surface area contributed by atoms with Crippen molar-refractivity contribution in [3.63, 3.8) is 0 Å². The van der Waals surface area contributed by atoms with Gasteiger partial charge in [0.15, 0.2) is 0 Å². The second kappa shape index (κ2) is 4.95. The molecule has 0 bridgehead atoms. The highest BCUT2D eigenvalue weighted by Gasteiger charge is 2.24. The molecule has 0 N–H and O–H groups in total. The standard InChI is InChI=1S/C10H18FOP/c1-2-7-13(12)8-4-3-5-10(11)6-9-13/h2,10H,1,3-9H2. The van der Waals surface area contributed by atoms with Crippen molar-refractivity contribution < 1.29 is 8.96 Å². The lowest BCUT2D eigenvalue weighted by molar-refractivity contribution is 0.296. The van der Waals surface area contributed by atoms with Crippen LogP contribution in [0.1, 0.15) is 25.7 Å². The van der Waals surface area contributed by atoms with Crippen molar-refractivity contribution >= 4 is 7.14 Å². The summed E-state index contributed by atoms with van der Waals surface area (Å²) in [6.07, 6.45) is 5.94. The van der Waals surface area contributed by atoms with Crippen LogP contribution in [-0.2, 0) is 4.57 Å². The third kappa shape index (κ3) is 3.64. The topological polar surface area (TPSA) is 17.1 Å². The van der Waals surface area contributed by atoms with Gasteiger partial charge in [0.25, 0.3) is 0 Å². The van der Waals surface area contributed by atoms with Crippen LogP contribution in [0.4, 0.5) is 4.39 Å². The minimum absolute atomic E-state index is 0.491. The van der Waals surface area contributed by atoms with E-state index in [0.29, 0.717) is 25.2 Å². The number of allylic oxidation sites excluding steroid dienone is 1. The van der Waals surface area contributed by atoms with Crippen LogP contribution in [0.5, 0.6) is 0 Å². The lowest BCUT2D eigenvalue weighted by Crippen LogP contribution is -2.10. The summed E-state index contributed by atoms with van der Waals surface area (Å²) in [5.74, 6) is 0. The molecule has 0 aromatic rings. The molecule has 0 aromatic carbocycles. The third-order valence-electron chi connectivity index (χ3n) is 2.64. The average Bonchev–Trinajstić information content (AvgIpc) is 2.08. The quantitative estimate of drug-likeness (QED) is 0.497. The van der Waals surface area contributed by atoms with E-state index in [1.165, 1.54) is 0 Å². The number of halogens is 1. The van der Waals surface area contributed by atoms with E-state index in [1.807, 2.05) is 0 Å². The summed E-state index contributed by atoms with van der Waals surface area (Å²) in [5.41, 5.74) is 0. The molecule has 1 saturated heterocycles. The predicted octanol–water partition coefficient (Wildman–Crippen LogP) is 3.45. The first kappa shape index (κ1) is 11.0. The smallest absolute Gasteiger partial charge is 0.101 e. The Morgan fingerprint density at radius 2 is 2.15 bits per heavy atom. The van der Waals surface area contributed by atoms with E-state index >= 15 is 0 Å². The van der Waals surface area contributed by atoms with Crippen LogP contribution in [0.2, 0.25) is 0 Å². The highest BCUT2D eigenvalue weighted by molar-refractivity contribution is 7.64. The molecule has 2 atom stereocenters. The van der Waals surface area contributed by atoms with E-state index in [-0.39, 0.29) is 0 Å². The SMILES string of the molecule is C=CCP1(=O)CCCCC(F)CC1. The summed E-state index contributed by atoms with van der Waals surface area (Å²) in [5, 5.41) is 0. The highest BCUT2D eigenvalue weighted by atomic mass is 31.2. The van der Waals surface area contributed by atoms with Gasteiger partial charge in [0.05, 0.1) is 7.14 Å². The Morgan fingerprint density at radius 3 is 2.85 bits per heavy atom. The Morgan fingerprint density at radius 1 is 1.38 bits per heavy atom. The Balaban J connectivity index is 2.53. The average molecular weight is 204 g/mol. The van der Waals surface area contributed by atoms with Crippen molar-refractivity contribution in [2.45, 2.75) is 31.9 Å². The van der Waals surface area contributed by atoms with Crippen LogP contribution in [0.3, 0.4) is 0 Å². The zero-order valence-electron chi connectivity index (χ0n) is 8.04. The molecule has 0 aromatic heterocycles.